The van der Waals surface area contributed by atoms with E-state index in [1.165, 1.54) is 38.8 Å². The molecule has 0 aromatic carbocycles. The summed E-state index contributed by atoms with van der Waals surface area (Å²) in [6.07, 6.45) is 5.16. The highest BCUT2D eigenvalue weighted by molar-refractivity contribution is 5.79. The van der Waals surface area contributed by atoms with Gasteiger partial charge in [0.1, 0.15) is 0 Å². The Kier molecular flexibility index (Phi) is 7.81. The van der Waals surface area contributed by atoms with Crippen molar-refractivity contribution in [2.45, 2.75) is 39.5 Å². The second-order valence-corrected chi connectivity index (χ2v) is 5.33. The Morgan fingerprint density at radius 3 is 2.78 bits per heavy atom. The van der Waals surface area contributed by atoms with Gasteiger partial charge in [0.15, 0.2) is 5.96 Å². The van der Waals surface area contributed by atoms with Crippen LogP contribution in [0.4, 0.5) is 0 Å². The van der Waals surface area contributed by atoms with Gasteiger partial charge in [-0.3, -0.25) is 4.99 Å². The second-order valence-electron chi connectivity index (χ2n) is 5.33. The smallest absolute Gasteiger partial charge is 0.191 e. The maximum atomic E-state index is 4.23. The van der Waals surface area contributed by atoms with Crippen LogP contribution in [0.15, 0.2) is 4.99 Å². The molecule has 0 aliphatic carbocycles. The Bertz CT molecular complexity index is 240. The molecule has 1 aliphatic heterocycles. The van der Waals surface area contributed by atoms with Crippen LogP contribution in [0.2, 0.25) is 0 Å². The van der Waals surface area contributed by atoms with Gasteiger partial charge in [0.2, 0.25) is 0 Å². The molecule has 4 nitrogen and oxygen atoms in total. The van der Waals surface area contributed by atoms with Crippen molar-refractivity contribution in [1.29, 1.82) is 0 Å². The van der Waals surface area contributed by atoms with Crippen LogP contribution < -0.4 is 10.6 Å². The summed E-state index contributed by atoms with van der Waals surface area (Å²) in [4.78, 5) is 6.79. The lowest BCUT2D eigenvalue weighted by Gasteiger charge is -2.30. The van der Waals surface area contributed by atoms with Gasteiger partial charge in [0, 0.05) is 33.2 Å². The molecular weight excluding hydrogens is 224 g/mol. The third-order valence-corrected chi connectivity index (χ3v) is 3.51. The Morgan fingerprint density at radius 2 is 2.11 bits per heavy atom. The van der Waals surface area contributed by atoms with Crippen molar-refractivity contribution in [3.8, 4) is 0 Å². The van der Waals surface area contributed by atoms with Crippen LogP contribution in [0, 0.1) is 5.92 Å². The van der Waals surface area contributed by atoms with Gasteiger partial charge in [-0.15, -0.1) is 0 Å². The topological polar surface area (TPSA) is 39.7 Å². The zero-order valence-corrected chi connectivity index (χ0v) is 12.3. The average molecular weight is 254 g/mol. The zero-order valence-electron chi connectivity index (χ0n) is 12.3. The summed E-state index contributed by atoms with van der Waals surface area (Å²) in [6, 6.07) is 0. The standard InChI is InChI=1S/C14H30N4/c1-4-5-8-16-14(15-3)17-9-11-18-10-6-7-13(2)12-18/h13H,4-12H2,1-3H3,(H2,15,16,17). The molecule has 1 unspecified atom stereocenters. The number of rotatable bonds is 6. The monoisotopic (exact) mass is 254 g/mol. The van der Waals surface area contributed by atoms with E-state index in [1.807, 2.05) is 7.05 Å². The SMILES string of the molecule is CCCCNC(=NC)NCCN1CCCC(C)C1. The molecule has 1 atom stereocenters. The summed E-state index contributed by atoms with van der Waals surface area (Å²) in [7, 11) is 1.84. The molecule has 2 N–H and O–H groups in total. The first-order chi connectivity index (χ1) is 8.76. The molecule has 0 saturated carbocycles. The van der Waals surface area contributed by atoms with Crippen molar-refractivity contribution in [2.24, 2.45) is 10.9 Å². The molecule has 0 bridgehead atoms. The van der Waals surface area contributed by atoms with E-state index in [9.17, 15) is 0 Å². The third kappa shape index (κ3) is 6.24. The van der Waals surface area contributed by atoms with E-state index in [0.717, 1.165) is 31.5 Å². The lowest BCUT2D eigenvalue weighted by atomic mass is 10.0. The highest BCUT2D eigenvalue weighted by Gasteiger charge is 2.15. The zero-order chi connectivity index (χ0) is 13.2. The van der Waals surface area contributed by atoms with Crippen molar-refractivity contribution >= 4 is 5.96 Å². The fourth-order valence-electron chi connectivity index (χ4n) is 2.43. The molecule has 0 amide bonds. The minimum Gasteiger partial charge on any atom is -0.356 e. The fourth-order valence-corrected chi connectivity index (χ4v) is 2.43. The molecular formula is C14H30N4. The highest BCUT2D eigenvalue weighted by atomic mass is 15.2. The molecule has 0 aromatic rings. The summed E-state index contributed by atoms with van der Waals surface area (Å²) in [5, 5.41) is 6.72. The number of piperidine rings is 1. The van der Waals surface area contributed by atoms with E-state index < -0.39 is 0 Å². The molecule has 1 fully saturated rings. The summed E-state index contributed by atoms with van der Waals surface area (Å²) >= 11 is 0. The van der Waals surface area contributed by atoms with Crippen molar-refractivity contribution in [2.75, 3.05) is 39.8 Å². The molecule has 1 rings (SSSR count). The molecule has 0 aromatic heterocycles. The Balaban J connectivity index is 2.11. The number of aliphatic imine (C=N–C) groups is 1. The summed E-state index contributed by atoms with van der Waals surface area (Å²) in [5.41, 5.74) is 0. The average Bonchev–Trinajstić information content (AvgIpc) is 2.37. The van der Waals surface area contributed by atoms with Crippen LogP contribution in [-0.2, 0) is 0 Å². The van der Waals surface area contributed by atoms with Gasteiger partial charge in [0.05, 0.1) is 0 Å². The normalized spacial score (nSPS) is 21.9. The van der Waals surface area contributed by atoms with Crippen molar-refractivity contribution in [1.82, 2.24) is 15.5 Å². The van der Waals surface area contributed by atoms with Crippen LogP contribution >= 0.6 is 0 Å². The molecule has 0 spiro atoms. The van der Waals surface area contributed by atoms with Crippen LogP contribution in [0.5, 0.6) is 0 Å². The number of nitrogens with one attached hydrogen (secondary N) is 2. The first-order valence-electron chi connectivity index (χ1n) is 7.43. The fraction of sp³-hybridized carbons (Fsp3) is 0.929. The predicted octanol–water partition coefficient (Wildman–Crippen LogP) is 1.68. The third-order valence-electron chi connectivity index (χ3n) is 3.51. The predicted molar refractivity (Wildman–Crippen MR) is 79.1 cm³/mol. The molecule has 1 heterocycles. The molecule has 1 saturated heterocycles. The number of hydrogen-bond acceptors (Lipinski definition) is 2. The van der Waals surface area contributed by atoms with E-state index >= 15 is 0 Å². The number of hydrogen-bond donors (Lipinski definition) is 2. The lowest BCUT2D eigenvalue weighted by molar-refractivity contribution is 0.187. The largest absolute Gasteiger partial charge is 0.356 e. The lowest BCUT2D eigenvalue weighted by Crippen LogP contribution is -2.43. The number of nitrogens with zero attached hydrogens (tertiary/aromatic N) is 2. The van der Waals surface area contributed by atoms with Gasteiger partial charge in [-0.25, -0.2) is 0 Å². The molecule has 4 heteroatoms. The Morgan fingerprint density at radius 1 is 1.33 bits per heavy atom. The second kappa shape index (κ2) is 9.20. The molecule has 0 radical (unpaired) electrons. The van der Waals surface area contributed by atoms with Crippen LogP contribution in [0.25, 0.3) is 0 Å². The van der Waals surface area contributed by atoms with Gasteiger partial charge < -0.3 is 15.5 Å². The molecule has 1 aliphatic rings. The van der Waals surface area contributed by atoms with Gasteiger partial charge in [-0.2, -0.15) is 0 Å². The van der Waals surface area contributed by atoms with E-state index in [1.54, 1.807) is 0 Å². The first kappa shape index (κ1) is 15.3. The van der Waals surface area contributed by atoms with Crippen molar-refractivity contribution in [3.63, 3.8) is 0 Å². The number of guanidine groups is 1. The quantitative estimate of drug-likeness (QED) is 0.430. The van der Waals surface area contributed by atoms with E-state index in [0.29, 0.717) is 0 Å². The summed E-state index contributed by atoms with van der Waals surface area (Å²) in [6.45, 7) is 10.2. The van der Waals surface area contributed by atoms with Crippen LogP contribution in [0.3, 0.4) is 0 Å². The molecule has 106 valence electrons. The van der Waals surface area contributed by atoms with Crippen LogP contribution in [0.1, 0.15) is 39.5 Å². The first-order valence-corrected chi connectivity index (χ1v) is 7.43. The van der Waals surface area contributed by atoms with Gasteiger partial charge >= 0.3 is 0 Å². The van der Waals surface area contributed by atoms with Gasteiger partial charge in [-0.05, 0) is 31.7 Å². The maximum absolute atomic E-state index is 4.23. The van der Waals surface area contributed by atoms with Crippen molar-refractivity contribution < 1.29 is 0 Å². The summed E-state index contributed by atoms with van der Waals surface area (Å²) in [5.74, 6) is 1.80. The highest BCUT2D eigenvalue weighted by Crippen LogP contribution is 2.14. The van der Waals surface area contributed by atoms with Gasteiger partial charge in [0.25, 0.3) is 0 Å². The van der Waals surface area contributed by atoms with E-state index in [2.05, 4.69) is 34.4 Å². The number of unbranched alkanes of at least 4 members (excludes halogenated alkanes) is 1. The molecule has 18 heavy (non-hydrogen) atoms. The maximum Gasteiger partial charge on any atom is 0.191 e. The summed E-state index contributed by atoms with van der Waals surface area (Å²) < 4.78 is 0. The number of likely N-dealkylation sites (tertiary alicyclic amines) is 1. The Labute approximate surface area is 112 Å². The van der Waals surface area contributed by atoms with Gasteiger partial charge in [-0.1, -0.05) is 20.3 Å². The van der Waals surface area contributed by atoms with E-state index in [-0.39, 0.29) is 0 Å². The van der Waals surface area contributed by atoms with E-state index in [4.69, 9.17) is 0 Å². The minimum absolute atomic E-state index is 0.862. The van der Waals surface area contributed by atoms with Crippen molar-refractivity contribution in [3.05, 3.63) is 0 Å². The van der Waals surface area contributed by atoms with Crippen LogP contribution in [-0.4, -0.2) is 50.6 Å². The minimum atomic E-state index is 0.862. The Hall–Kier alpha value is -0.770.